The minimum atomic E-state index is -0.162. The summed E-state index contributed by atoms with van der Waals surface area (Å²) in [7, 11) is 0. The summed E-state index contributed by atoms with van der Waals surface area (Å²) in [6.45, 7) is 8.85. The van der Waals surface area contributed by atoms with Crippen LogP contribution >= 0.6 is 15.9 Å². The van der Waals surface area contributed by atoms with Crippen LogP contribution in [0.3, 0.4) is 0 Å². The molecule has 4 heteroatoms. The van der Waals surface area contributed by atoms with Crippen LogP contribution in [0.15, 0.2) is 22.7 Å². The van der Waals surface area contributed by atoms with E-state index < -0.39 is 0 Å². The maximum absolute atomic E-state index is 13.5. The molecule has 0 atom stereocenters. The second-order valence-corrected chi connectivity index (χ2v) is 6.26. The molecule has 0 aliphatic heterocycles. The van der Waals surface area contributed by atoms with Crippen LogP contribution in [-0.2, 0) is 6.54 Å². The van der Waals surface area contributed by atoms with Crippen molar-refractivity contribution in [2.45, 2.75) is 39.3 Å². The van der Waals surface area contributed by atoms with Gasteiger partial charge in [-0.2, -0.15) is 0 Å². The molecule has 0 bridgehead atoms. The predicted octanol–water partition coefficient (Wildman–Crippen LogP) is 3.46. The van der Waals surface area contributed by atoms with Gasteiger partial charge in [0.15, 0.2) is 0 Å². The maximum atomic E-state index is 13.5. The van der Waals surface area contributed by atoms with Gasteiger partial charge in [0.25, 0.3) is 0 Å². The van der Waals surface area contributed by atoms with Gasteiger partial charge in [-0.25, -0.2) is 4.39 Å². The molecule has 1 aromatic carbocycles. The molecule has 0 heterocycles. The Bertz CT molecular complexity index is 354. The van der Waals surface area contributed by atoms with Gasteiger partial charge in [0.05, 0.1) is 0 Å². The van der Waals surface area contributed by atoms with E-state index in [1.807, 2.05) is 6.07 Å². The third kappa shape index (κ3) is 5.94. The molecule has 0 unspecified atom stereocenters. The predicted molar refractivity (Wildman–Crippen MR) is 78.2 cm³/mol. The summed E-state index contributed by atoms with van der Waals surface area (Å²) in [5.74, 6) is -0.162. The molecule has 0 saturated heterocycles. The van der Waals surface area contributed by atoms with E-state index in [0.717, 1.165) is 24.0 Å². The Morgan fingerprint density at radius 1 is 1.22 bits per heavy atom. The van der Waals surface area contributed by atoms with Crippen LogP contribution in [0, 0.1) is 5.82 Å². The number of hydrogen-bond donors (Lipinski definition) is 2. The zero-order valence-corrected chi connectivity index (χ0v) is 12.9. The van der Waals surface area contributed by atoms with Crippen molar-refractivity contribution in [3.8, 4) is 0 Å². The Hall–Kier alpha value is -0.450. The Balaban J connectivity index is 2.22. The Labute approximate surface area is 117 Å². The first-order valence-electron chi connectivity index (χ1n) is 6.29. The van der Waals surface area contributed by atoms with Crippen molar-refractivity contribution in [2.75, 3.05) is 13.1 Å². The van der Waals surface area contributed by atoms with E-state index in [1.54, 1.807) is 6.07 Å². The van der Waals surface area contributed by atoms with E-state index in [4.69, 9.17) is 0 Å². The van der Waals surface area contributed by atoms with Crippen LogP contribution in [0.25, 0.3) is 0 Å². The molecule has 0 fully saturated rings. The first-order valence-corrected chi connectivity index (χ1v) is 7.08. The van der Waals surface area contributed by atoms with E-state index in [0.29, 0.717) is 12.1 Å². The minimum absolute atomic E-state index is 0.161. The van der Waals surface area contributed by atoms with Crippen LogP contribution in [-0.4, -0.2) is 18.6 Å². The maximum Gasteiger partial charge on any atom is 0.128 e. The van der Waals surface area contributed by atoms with E-state index in [2.05, 4.69) is 47.3 Å². The van der Waals surface area contributed by atoms with E-state index >= 15 is 0 Å². The topological polar surface area (TPSA) is 24.1 Å². The molecule has 0 aliphatic rings. The van der Waals surface area contributed by atoms with Crippen LogP contribution in [0.2, 0.25) is 0 Å². The smallest absolute Gasteiger partial charge is 0.128 e. The molecule has 0 amide bonds. The van der Waals surface area contributed by atoms with Crippen molar-refractivity contribution in [1.82, 2.24) is 10.6 Å². The molecule has 2 nitrogen and oxygen atoms in total. The molecule has 1 aromatic rings. The quantitative estimate of drug-likeness (QED) is 0.785. The van der Waals surface area contributed by atoms with Crippen LogP contribution in [0.5, 0.6) is 0 Å². The molecular formula is C14H22BrFN2. The Morgan fingerprint density at radius 3 is 2.56 bits per heavy atom. The number of hydrogen-bond acceptors (Lipinski definition) is 2. The standard InChI is InChI=1S/C14H22BrFN2/c1-14(2,3)18-9-5-8-17-10-11-12(15)6-4-7-13(11)16/h4,6-7,17-18H,5,8-10H2,1-3H3. The zero-order chi connectivity index (χ0) is 13.6. The molecule has 2 N–H and O–H groups in total. The summed E-state index contributed by atoms with van der Waals surface area (Å²) in [6, 6.07) is 5.06. The number of halogens is 2. The van der Waals surface area contributed by atoms with Crippen LogP contribution in [0.1, 0.15) is 32.8 Å². The van der Waals surface area contributed by atoms with Gasteiger partial charge in [0.2, 0.25) is 0 Å². The van der Waals surface area contributed by atoms with Crippen LogP contribution < -0.4 is 10.6 Å². The average molecular weight is 317 g/mol. The van der Waals surface area contributed by atoms with Gasteiger partial charge < -0.3 is 10.6 Å². The summed E-state index contributed by atoms with van der Waals surface area (Å²) in [5, 5.41) is 6.68. The van der Waals surface area contributed by atoms with Crippen molar-refractivity contribution in [3.63, 3.8) is 0 Å². The molecule has 18 heavy (non-hydrogen) atoms. The molecule has 0 radical (unpaired) electrons. The van der Waals surface area contributed by atoms with Crippen molar-refractivity contribution in [2.24, 2.45) is 0 Å². The lowest BCUT2D eigenvalue weighted by Gasteiger charge is -2.20. The second kappa shape index (κ2) is 7.22. The fraction of sp³-hybridized carbons (Fsp3) is 0.571. The molecule has 1 rings (SSSR count). The van der Waals surface area contributed by atoms with Crippen molar-refractivity contribution in [1.29, 1.82) is 0 Å². The third-order valence-corrected chi connectivity index (χ3v) is 3.29. The lowest BCUT2D eigenvalue weighted by molar-refractivity contribution is 0.418. The molecule has 102 valence electrons. The van der Waals surface area contributed by atoms with Gasteiger partial charge in [-0.05, 0) is 52.4 Å². The van der Waals surface area contributed by atoms with Gasteiger partial charge in [0.1, 0.15) is 5.82 Å². The van der Waals surface area contributed by atoms with Crippen molar-refractivity contribution in [3.05, 3.63) is 34.1 Å². The SMILES string of the molecule is CC(C)(C)NCCCNCc1c(F)cccc1Br. The van der Waals surface area contributed by atoms with E-state index in [9.17, 15) is 4.39 Å². The fourth-order valence-corrected chi connectivity index (χ4v) is 2.07. The highest BCUT2D eigenvalue weighted by Crippen LogP contribution is 2.19. The van der Waals surface area contributed by atoms with Crippen LogP contribution in [0.4, 0.5) is 4.39 Å². The molecule has 0 saturated carbocycles. The Kier molecular flexibility index (Phi) is 6.26. The summed E-state index contributed by atoms with van der Waals surface area (Å²) in [6.07, 6.45) is 1.03. The van der Waals surface area contributed by atoms with Gasteiger partial charge in [-0.3, -0.25) is 0 Å². The molecular weight excluding hydrogens is 295 g/mol. The molecule has 0 aromatic heterocycles. The minimum Gasteiger partial charge on any atom is -0.312 e. The summed E-state index contributed by atoms with van der Waals surface area (Å²) < 4.78 is 14.3. The van der Waals surface area contributed by atoms with E-state index in [-0.39, 0.29) is 11.4 Å². The third-order valence-electron chi connectivity index (χ3n) is 2.55. The number of rotatable bonds is 6. The Morgan fingerprint density at radius 2 is 1.94 bits per heavy atom. The van der Waals surface area contributed by atoms with E-state index in [1.165, 1.54) is 6.07 Å². The summed E-state index contributed by atoms with van der Waals surface area (Å²) in [4.78, 5) is 0. The van der Waals surface area contributed by atoms with Gasteiger partial charge in [-0.15, -0.1) is 0 Å². The van der Waals surface area contributed by atoms with Crippen molar-refractivity contribution < 1.29 is 4.39 Å². The first kappa shape index (κ1) is 15.6. The lowest BCUT2D eigenvalue weighted by atomic mass is 10.1. The fourth-order valence-electron chi connectivity index (χ4n) is 1.59. The van der Waals surface area contributed by atoms with Gasteiger partial charge in [-0.1, -0.05) is 22.0 Å². The summed E-state index contributed by atoms with van der Waals surface area (Å²) in [5.41, 5.74) is 0.857. The average Bonchev–Trinajstić information content (AvgIpc) is 2.25. The summed E-state index contributed by atoms with van der Waals surface area (Å²) >= 11 is 3.36. The highest BCUT2D eigenvalue weighted by Gasteiger charge is 2.07. The van der Waals surface area contributed by atoms with Gasteiger partial charge >= 0.3 is 0 Å². The van der Waals surface area contributed by atoms with Gasteiger partial charge in [0, 0.05) is 22.1 Å². The number of benzene rings is 1. The van der Waals surface area contributed by atoms with Crippen molar-refractivity contribution >= 4 is 15.9 Å². The highest BCUT2D eigenvalue weighted by atomic mass is 79.9. The molecule has 0 aliphatic carbocycles. The lowest BCUT2D eigenvalue weighted by Crippen LogP contribution is -2.37. The monoisotopic (exact) mass is 316 g/mol. The zero-order valence-electron chi connectivity index (χ0n) is 11.3. The number of nitrogens with one attached hydrogen (secondary N) is 2. The molecule has 0 spiro atoms. The first-order chi connectivity index (χ1) is 8.40. The largest absolute Gasteiger partial charge is 0.312 e. The highest BCUT2D eigenvalue weighted by molar-refractivity contribution is 9.10. The second-order valence-electron chi connectivity index (χ2n) is 5.41. The normalized spacial score (nSPS) is 11.8.